The van der Waals surface area contributed by atoms with Gasteiger partial charge in [-0.05, 0) is 62.8 Å². The van der Waals surface area contributed by atoms with Crippen LogP contribution >= 0.6 is 11.6 Å². The molecular formula is C30H25ClO4. The molecule has 0 unspecified atom stereocenters. The Balaban J connectivity index is 1.90. The summed E-state index contributed by atoms with van der Waals surface area (Å²) < 4.78 is 12.2. The van der Waals surface area contributed by atoms with Gasteiger partial charge in [-0.2, -0.15) is 0 Å². The third kappa shape index (κ3) is 5.44. The van der Waals surface area contributed by atoms with E-state index in [2.05, 4.69) is 0 Å². The third-order valence-corrected chi connectivity index (χ3v) is 5.81. The van der Waals surface area contributed by atoms with Crippen LogP contribution in [0.4, 0.5) is 0 Å². The van der Waals surface area contributed by atoms with E-state index in [0.29, 0.717) is 27.5 Å². The highest BCUT2D eigenvalue weighted by Gasteiger charge is 2.21. The van der Waals surface area contributed by atoms with E-state index in [-0.39, 0.29) is 29.0 Å². The first-order chi connectivity index (χ1) is 16.8. The number of rotatable bonds is 7. The number of carbonyl (C=O) groups is 1. The summed E-state index contributed by atoms with van der Waals surface area (Å²) >= 11 is 5.97. The van der Waals surface area contributed by atoms with Gasteiger partial charge in [-0.25, -0.2) is 0 Å². The fourth-order valence-corrected chi connectivity index (χ4v) is 3.80. The Morgan fingerprint density at radius 1 is 1.00 bits per heavy atom. The van der Waals surface area contributed by atoms with Crippen LogP contribution in [0.1, 0.15) is 35.3 Å². The molecule has 35 heavy (non-hydrogen) atoms. The van der Waals surface area contributed by atoms with Crippen LogP contribution in [0.3, 0.4) is 0 Å². The summed E-state index contributed by atoms with van der Waals surface area (Å²) in [6.07, 6.45) is 5.07. The molecule has 0 radical (unpaired) electrons. The first kappa shape index (κ1) is 24.2. The molecule has 1 aromatic heterocycles. The number of carbonyl (C=O) groups excluding carboxylic acids is 1. The molecule has 0 N–H and O–H groups in total. The molecule has 0 saturated carbocycles. The maximum atomic E-state index is 13.5. The summed E-state index contributed by atoms with van der Waals surface area (Å²) in [5.41, 5.74) is 3.39. The van der Waals surface area contributed by atoms with Crippen LogP contribution in [-0.4, -0.2) is 12.4 Å². The molecule has 0 spiro atoms. The summed E-state index contributed by atoms with van der Waals surface area (Å²) in [7, 11) is 0. The summed E-state index contributed by atoms with van der Waals surface area (Å²) in [6, 6.07) is 19.8. The summed E-state index contributed by atoms with van der Waals surface area (Å²) in [6.45, 7) is 5.96. The maximum Gasteiger partial charge on any atom is 0.196 e. The zero-order valence-corrected chi connectivity index (χ0v) is 20.6. The highest BCUT2D eigenvalue weighted by molar-refractivity contribution is 6.30. The van der Waals surface area contributed by atoms with Crippen molar-refractivity contribution >= 4 is 34.4 Å². The van der Waals surface area contributed by atoms with Gasteiger partial charge in [0.15, 0.2) is 16.8 Å². The van der Waals surface area contributed by atoms with Gasteiger partial charge in [-0.3, -0.25) is 9.59 Å². The second kappa shape index (κ2) is 10.6. The quantitative estimate of drug-likeness (QED) is 0.153. The van der Waals surface area contributed by atoms with Crippen LogP contribution in [0.15, 0.2) is 93.7 Å². The Hall–Kier alpha value is -3.89. The van der Waals surface area contributed by atoms with Gasteiger partial charge in [-0.15, -0.1) is 0 Å². The molecule has 5 heteroatoms. The number of benzene rings is 3. The lowest BCUT2D eigenvalue weighted by atomic mass is 10.0. The summed E-state index contributed by atoms with van der Waals surface area (Å²) in [4.78, 5) is 26.8. The van der Waals surface area contributed by atoms with Crippen LogP contribution in [0.25, 0.3) is 28.4 Å². The van der Waals surface area contributed by atoms with E-state index in [1.54, 1.807) is 37.3 Å². The van der Waals surface area contributed by atoms with Crippen LogP contribution in [0.5, 0.6) is 5.75 Å². The third-order valence-electron chi connectivity index (χ3n) is 5.56. The smallest absolute Gasteiger partial charge is 0.196 e. The van der Waals surface area contributed by atoms with Gasteiger partial charge in [0.1, 0.15) is 23.7 Å². The van der Waals surface area contributed by atoms with Gasteiger partial charge in [0, 0.05) is 16.1 Å². The Morgan fingerprint density at radius 3 is 2.40 bits per heavy atom. The molecule has 176 valence electrons. The lowest BCUT2D eigenvalue weighted by Gasteiger charge is -2.13. The molecule has 3 aromatic carbocycles. The fourth-order valence-electron chi connectivity index (χ4n) is 3.68. The molecule has 0 amide bonds. The number of ether oxygens (including phenoxy) is 1. The van der Waals surface area contributed by atoms with Gasteiger partial charge in [0.2, 0.25) is 0 Å². The van der Waals surface area contributed by atoms with Gasteiger partial charge in [0.25, 0.3) is 0 Å². The lowest BCUT2D eigenvalue weighted by molar-refractivity contribution is 0.104. The fraction of sp³-hybridized carbons (Fsp3) is 0.133. The van der Waals surface area contributed by atoms with Crippen molar-refractivity contribution < 1.29 is 13.9 Å². The number of hydrogen-bond acceptors (Lipinski definition) is 4. The number of ketones is 1. The minimum absolute atomic E-state index is 0.184. The molecule has 0 aliphatic heterocycles. The van der Waals surface area contributed by atoms with Crippen LogP contribution in [0.2, 0.25) is 5.02 Å². The Bertz CT molecular complexity index is 1490. The van der Waals surface area contributed by atoms with Crippen molar-refractivity contribution in [2.45, 2.75) is 20.8 Å². The standard InChI is InChI=1S/C30H25ClO4/c1-19(2)17-18-34-26-16-14-24-28(33)20(3)29(22-7-5-4-6-8-22)35-30(24)27(26)25(32)15-11-21-9-12-23(31)13-10-21/h4-17H,18H2,1-3H3/b15-11+. The average molecular weight is 485 g/mol. The average Bonchev–Trinajstić information content (AvgIpc) is 2.85. The summed E-state index contributed by atoms with van der Waals surface area (Å²) in [5.74, 6) is 0.454. The molecule has 0 bridgehead atoms. The normalized spacial score (nSPS) is 11.1. The van der Waals surface area contributed by atoms with E-state index < -0.39 is 0 Å². The molecule has 4 nitrogen and oxygen atoms in total. The van der Waals surface area contributed by atoms with Crippen LogP contribution in [-0.2, 0) is 0 Å². The van der Waals surface area contributed by atoms with E-state index >= 15 is 0 Å². The molecule has 0 atom stereocenters. The molecular weight excluding hydrogens is 460 g/mol. The van der Waals surface area contributed by atoms with Crippen LogP contribution < -0.4 is 10.2 Å². The SMILES string of the molecule is CC(C)=CCOc1ccc2c(=O)c(C)c(-c3ccccc3)oc2c1C(=O)/C=C/c1ccc(Cl)cc1. The number of allylic oxidation sites excluding steroid dienone is 2. The maximum absolute atomic E-state index is 13.5. The monoisotopic (exact) mass is 484 g/mol. The van der Waals surface area contributed by atoms with E-state index in [1.165, 1.54) is 6.08 Å². The number of hydrogen-bond donors (Lipinski definition) is 0. The molecule has 0 saturated heterocycles. The summed E-state index contributed by atoms with van der Waals surface area (Å²) in [5, 5.41) is 0.947. The van der Waals surface area contributed by atoms with Crippen molar-refractivity contribution in [2.24, 2.45) is 0 Å². The Morgan fingerprint density at radius 2 is 1.71 bits per heavy atom. The molecule has 0 aliphatic carbocycles. The van der Waals surface area contributed by atoms with Crippen molar-refractivity contribution in [1.82, 2.24) is 0 Å². The zero-order chi connectivity index (χ0) is 24.9. The van der Waals surface area contributed by atoms with Crippen LogP contribution in [0, 0.1) is 6.92 Å². The largest absolute Gasteiger partial charge is 0.489 e. The van der Waals surface area contributed by atoms with E-state index in [1.807, 2.05) is 62.4 Å². The molecule has 4 rings (SSSR count). The Labute approximate surface area is 209 Å². The molecule has 4 aromatic rings. The van der Waals surface area contributed by atoms with Crippen molar-refractivity contribution in [3.8, 4) is 17.1 Å². The lowest BCUT2D eigenvalue weighted by Crippen LogP contribution is -2.11. The van der Waals surface area contributed by atoms with Crippen molar-refractivity contribution in [3.05, 3.63) is 116 Å². The first-order valence-electron chi connectivity index (χ1n) is 11.2. The van der Waals surface area contributed by atoms with E-state index in [0.717, 1.165) is 16.7 Å². The number of halogens is 1. The van der Waals surface area contributed by atoms with Crippen molar-refractivity contribution in [1.29, 1.82) is 0 Å². The second-order valence-electron chi connectivity index (χ2n) is 8.41. The predicted octanol–water partition coefficient (Wildman–Crippen LogP) is 7.66. The van der Waals surface area contributed by atoms with Crippen molar-refractivity contribution in [3.63, 3.8) is 0 Å². The minimum Gasteiger partial charge on any atom is -0.489 e. The zero-order valence-electron chi connectivity index (χ0n) is 19.8. The van der Waals surface area contributed by atoms with Gasteiger partial charge < -0.3 is 9.15 Å². The Kier molecular flexibility index (Phi) is 7.33. The highest BCUT2D eigenvalue weighted by Crippen LogP contribution is 2.32. The highest BCUT2D eigenvalue weighted by atomic mass is 35.5. The predicted molar refractivity (Wildman–Crippen MR) is 142 cm³/mol. The second-order valence-corrected chi connectivity index (χ2v) is 8.84. The first-order valence-corrected chi connectivity index (χ1v) is 11.6. The molecule has 0 fully saturated rings. The molecule has 0 aliphatic rings. The van der Waals surface area contributed by atoms with Gasteiger partial charge >= 0.3 is 0 Å². The van der Waals surface area contributed by atoms with Gasteiger partial charge in [0.05, 0.1) is 5.39 Å². The number of fused-ring (bicyclic) bond motifs is 1. The minimum atomic E-state index is -0.330. The van der Waals surface area contributed by atoms with E-state index in [4.69, 9.17) is 20.8 Å². The van der Waals surface area contributed by atoms with Gasteiger partial charge in [-0.1, -0.05) is 65.7 Å². The van der Waals surface area contributed by atoms with Crippen molar-refractivity contribution in [2.75, 3.05) is 6.61 Å². The van der Waals surface area contributed by atoms with E-state index in [9.17, 15) is 9.59 Å². The molecule has 1 heterocycles. The topological polar surface area (TPSA) is 56.5 Å².